The third kappa shape index (κ3) is 4.34. The molecule has 0 aliphatic heterocycles. The number of carbonyl (C=O) groups excluding carboxylic acids is 1. The van der Waals surface area contributed by atoms with Gasteiger partial charge in [-0.1, -0.05) is 35.5 Å². The number of rotatable bonds is 7. The smallest absolute Gasteiger partial charge is 0.191 e. The van der Waals surface area contributed by atoms with Crippen molar-refractivity contribution in [3.63, 3.8) is 0 Å². The first-order valence-electron chi connectivity index (χ1n) is 8.59. The number of ether oxygens (including phenoxy) is 1. The first-order chi connectivity index (χ1) is 13.0. The zero-order valence-electron chi connectivity index (χ0n) is 15.3. The molecule has 5 nitrogen and oxygen atoms in total. The van der Waals surface area contributed by atoms with Crippen LogP contribution >= 0.6 is 23.4 Å². The average Bonchev–Trinajstić information content (AvgIpc) is 3.03. The van der Waals surface area contributed by atoms with Gasteiger partial charge in [-0.3, -0.25) is 4.79 Å². The number of Topliss-reactive ketones (excluding diaryl/α,β-unsaturated/α-hetero) is 1. The predicted octanol–water partition coefficient (Wildman–Crippen LogP) is 4.90. The van der Waals surface area contributed by atoms with Crippen molar-refractivity contribution < 1.29 is 9.53 Å². The number of halogens is 1. The molecule has 0 aliphatic rings. The highest BCUT2D eigenvalue weighted by atomic mass is 35.5. The van der Waals surface area contributed by atoms with Gasteiger partial charge in [0.15, 0.2) is 16.8 Å². The molecule has 0 amide bonds. The standard InChI is InChI=1S/C20H20ClN3O2S/c1-4-26-15-11-9-14(10-12-15)18(25)13(2)27-20-23-22-19(24(20)3)16-7-5-6-8-17(16)21/h5-13H,4H2,1-3H3/t13-/m0/s1. The van der Waals surface area contributed by atoms with Crippen LogP contribution in [0.5, 0.6) is 5.75 Å². The van der Waals surface area contributed by atoms with E-state index in [-0.39, 0.29) is 11.0 Å². The Balaban J connectivity index is 1.75. The Morgan fingerprint density at radius 3 is 2.56 bits per heavy atom. The minimum Gasteiger partial charge on any atom is -0.494 e. The number of ketones is 1. The van der Waals surface area contributed by atoms with Gasteiger partial charge >= 0.3 is 0 Å². The predicted molar refractivity (Wildman–Crippen MR) is 109 cm³/mol. The molecule has 0 aliphatic carbocycles. The summed E-state index contributed by atoms with van der Waals surface area (Å²) in [4.78, 5) is 12.7. The molecule has 0 saturated carbocycles. The van der Waals surface area contributed by atoms with E-state index in [4.69, 9.17) is 16.3 Å². The van der Waals surface area contributed by atoms with Gasteiger partial charge < -0.3 is 9.30 Å². The molecule has 1 aromatic heterocycles. The molecule has 1 atom stereocenters. The second-order valence-electron chi connectivity index (χ2n) is 5.93. The van der Waals surface area contributed by atoms with Crippen molar-refractivity contribution in [2.24, 2.45) is 7.05 Å². The topological polar surface area (TPSA) is 57.0 Å². The summed E-state index contributed by atoms with van der Waals surface area (Å²) < 4.78 is 7.27. The van der Waals surface area contributed by atoms with Gasteiger partial charge in [0.2, 0.25) is 0 Å². The van der Waals surface area contributed by atoms with Crippen molar-refractivity contribution in [1.82, 2.24) is 14.8 Å². The number of hydrogen-bond donors (Lipinski definition) is 0. The molecule has 140 valence electrons. The van der Waals surface area contributed by atoms with Crippen molar-refractivity contribution in [2.75, 3.05) is 6.61 Å². The summed E-state index contributed by atoms with van der Waals surface area (Å²) in [5.74, 6) is 1.46. The summed E-state index contributed by atoms with van der Waals surface area (Å²) in [7, 11) is 1.87. The lowest BCUT2D eigenvalue weighted by molar-refractivity contribution is 0.0994. The zero-order chi connectivity index (χ0) is 19.4. The van der Waals surface area contributed by atoms with E-state index in [1.54, 1.807) is 12.1 Å². The van der Waals surface area contributed by atoms with Crippen LogP contribution in [-0.2, 0) is 7.05 Å². The van der Waals surface area contributed by atoms with Crippen LogP contribution in [-0.4, -0.2) is 32.4 Å². The summed E-state index contributed by atoms with van der Waals surface area (Å²) in [5, 5.41) is 9.45. The van der Waals surface area contributed by atoms with E-state index in [9.17, 15) is 4.79 Å². The number of carbonyl (C=O) groups is 1. The molecule has 0 saturated heterocycles. The summed E-state index contributed by atoms with van der Waals surface area (Å²) in [6.07, 6.45) is 0. The van der Waals surface area contributed by atoms with E-state index in [0.29, 0.717) is 28.2 Å². The molecule has 27 heavy (non-hydrogen) atoms. The molecule has 0 N–H and O–H groups in total. The number of aromatic nitrogens is 3. The Bertz CT molecular complexity index is 941. The monoisotopic (exact) mass is 401 g/mol. The van der Waals surface area contributed by atoms with Crippen molar-refractivity contribution in [1.29, 1.82) is 0 Å². The molecular weight excluding hydrogens is 382 g/mol. The highest BCUT2D eigenvalue weighted by Crippen LogP contribution is 2.30. The van der Waals surface area contributed by atoms with E-state index in [2.05, 4.69) is 10.2 Å². The Morgan fingerprint density at radius 1 is 1.19 bits per heavy atom. The molecule has 0 bridgehead atoms. The molecule has 2 aromatic carbocycles. The zero-order valence-corrected chi connectivity index (χ0v) is 16.9. The quantitative estimate of drug-likeness (QED) is 0.416. The maximum Gasteiger partial charge on any atom is 0.191 e. The van der Waals surface area contributed by atoms with Crippen LogP contribution in [0.25, 0.3) is 11.4 Å². The first kappa shape index (κ1) is 19.5. The Kier molecular flexibility index (Phi) is 6.19. The van der Waals surface area contributed by atoms with Crippen LogP contribution in [0.3, 0.4) is 0 Å². The molecule has 3 aromatic rings. The fourth-order valence-corrected chi connectivity index (χ4v) is 3.74. The second-order valence-corrected chi connectivity index (χ2v) is 7.64. The highest BCUT2D eigenvalue weighted by Gasteiger charge is 2.21. The molecule has 3 rings (SSSR count). The van der Waals surface area contributed by atoms with Crippen LogP contribution in [0.4, 0.5) is 0 Å². The SMILES string of the molecule is CCOc1ccc(C(=O)[C@H](C)Sc2nnc(-c3ccccc3Cl)n2C)cc1. The number of hydrogen-bond acceptors (Lipinski definition) is 5. The van der Waals surface area contributed by atoms with Crippen LogP contribution in [0.2, 0.25) is 5.02 Å². The Hall–Kier alpha value is -2.31. The summed E-state index contributed by atoms with van der Waals surface area (Å²) >= 11 is 7.63. The second kappa shape index (κ2) is 8.59. The molecule has 0 spiro atoms. The van der Waals surface area contributed by atoms with E-state index in [1.165, 1.54) is 11.8 Å². The number of benzene rings is 2. The first-order valence-corrected chi connectivity index (χ1v) is 9.85. The van der Waals surface area contributed by atoms with Crippen molar-refractivity contribution in [3.8, 4) is 17.1 Å². The molecule has 7 heteroatoms. The van der Waals surface area contributed by atoms with Gasteiger partial charge in [-0.2, -0.15) is 0 Å². The minimum absolute atomic E-state index is 0.0327. The third-order valence-corrected chi connectivity index (χ3v) is 5.51. The fourth-order valence-electron chi connectivity index (χ4n) is 2.62. The maximum absolute atomic E-state index is 12.7. The molecular formula is C20H20ClN3O2S. The lowest BCUT2D eigenvalue weighted by Gasteiger charge is -2.11. The van der Waals surface area contributed by atoms with Gasteiger partial charge in [-0.15, -0.1) is 10.2 Å². The van der Waals surface area contributed by atoms with Crippen LogP contribution in [0, 0.1) is 0 Å². The Morgan fingerprint density at radius 2 is 1.89 bits per heavy atom. The molecule has 1 heterocycles. The normalized spacial score (nSPS) is 12.0. The van der Waals surface area contributed by atoms with Gasteiger partial charge in [0.25, 0.3) is 0 Å². The molecule has 0 radical (unpaired) electrons. The van der Waals surface area contributed by atoms with Gasteiger partial charge in [0.05, 0.1) is 16.9 Å². The van der Waals surface area contributed by atoms with Crippen LogP contribution < -0.4 is 4.74 Å². The van der Waals surface area contributed by atoms with Crippen molar-refractivity contribution in [3.05, 3.63) is 59.1 Å². The van der Waals surface area contributed by atoms with Gasteiger partial charge in [0.1, 0.15) is 5.75 Å². The van der Waals surface area contributed by atoms with Gasteiger partial charge in [0, 0.05) is 18.2 Å². The highest BCUT2D eigenvalue weighted by molar-refractivity contribution is 8.00. The fraction of sp³-hybridized carbons (Fsp3) is 0.250. The van der Waals surface area contributed by atoms with E-state index in [1.807, 2.05) is 61.9 Å². The van der Waals surface area contributed by atoms with Crippen LogP contribution in [0.15, 0.2) is 53.7 Å². The largest absolute Gasteiger partial charge is 0.494 e. The van der Waals surface area contributed by atoms with Crippen LogP contribution in [0.1, 0.15) is 24.2 Å². The third-order valence-electron chi connectivity index (χ3n) is 4.05. The van der Waals surface area contributed by atoms with E-state index >= 15 is 0 Å². The molecule has 0 unspecified atom stereocenters. The minimum atomic E-state index is -0.301. The van der Waals surface area contributed by atoms with Crippen molar-refractivity contribution >= 4 is 29.1 Å². The summed E-state index contributed by atoms with van der Waals surface area (Å²) in [5.41, 5.74) is 1.46. The maximum atomic E-state index is 12.7. The Labute approximate surface area is 167 Å². The lowest BCUT2D eigenvalue weighted by Crippen LogP contribution is -2.14. The van der Waals surface area contributed by atoms with E-state index < -0.39 is 0 Å². The van der Waals surface area contributed by atoms with E-state index in [0.717, 1.165) is 11.3 Å². The molecule has 0 fully saturated rings. The summed E-state index contributed by atoms with van der Waals surface area (Å²) in [6.45, 7) is 4.39. The average molecular weight is 402 g/mol. The summed E-state index contributed by atoms with van der Waals surface area (Å²) in [6, 6.07) is 14.7. The van der Waals surface area contributed by atoms with Gasteiger partial charge in [-0.25, -0.2) is 0 Å². The number of nitrogens with zero attached hydrogens (tertiary/aromatic N) is 3. The van der Waals surface area contributed by atoms with Crippen molar-refractivity contribution in [2.45, 2.75) is 24.3 Å². The van der Waals surface area contributed by atoms with Gasteiger partial charge in [-0.05, 0) is 50.2 Å². The lowest BCUT2D eigenvalue weighted by atomic mass is 10.1. The number of thioether (sulfide) groups is 1.